The van der Waals surface area contributed by atoms with Crippen LogP contribution in [0.4, 0.5) is 5.69 Å². The van der Waals surface area contributed by atoms with Crippen LogP contribution >= 0.6 is 34.3 Å². The summed E-state index contributed by atoms with van der Waals surface area (Å²) in [6.07, 6.45) is 0. The van der Waals surface area contributed by atoms with Gasteiger partial charge in [-0.2, -0.15) is 0 Å². The number of carbonyl (C=O) groups is 2. The van der Waals surface area contributed by atoms with Gasteiger partial charge < -0.3 is 15.0 Å². The van der Waals surface area contributed by atoms with Crippen LogP contribution in [0, 0.1) is 0 Å². The van der Waals surface area contributed by atoms with Crippen LogP contribution in [0.25, 0.3) is 9.88 Å². The number of rotatable bonds is 6. The van der Waals surface area contributed by atoms with Crippen molar-refractivity contribution in [1.29, 1.82) is 0 Å². The number of nitrogens with one attached hydrogen (secondary N) is 1. The van der Waals surface area contributed by atoms with E-state index < -0.39 is 0 Å². The number of benzene rings is 1. The van der Waals surface area contributed by atoms with E-state index in [9.17, 15) is 9.59 Å². The first-order valence-electron chi connectivity index (χ1n) is 7.88. The molecule has 0 unspecified atom stereocenters. The van der Waals surface area contributed by atoms with Crippen molar-refractivity contribution in [2.45, 2.75) is 0 Å². The molecule has 1 N–H and O–H groups in total. The first-order chi connectivity index (χ1) is 12.9. The summed E-state index contributed by atoms with van der Waals surface area (Å²) in [6.45, 7) is -0.0347. The van der Waals surface area contributed by atoms with Crippen molar-refractivity contribution in [2.75, 3.05) is 26.0 Å². The Bertz CT molecular complexity index is 951. The Hall–Kier alpha value is -2.42. The van der Waals surface area contributed by atoms with Gasteiger partial charge in [-0.1, -0.05) is 11.6 Å². The van der Waals surface area contributed by atoms with Gasteiger partial charge in [0.25, 0.3) is 11.8 Å². The largest absolute Gasteiger partial charge is 0.484 e. The molecule has 2 aromatic heterocycles. The molecule has 140 valence electrons. The first-order valence-corrected chi connectivity index (χ1v) is 9.95. The van der Waals surface area contributed by atoms with Crippen LogP contribution in [-0.4, -0.2) is 42.4 Å². The van der Waals surface area contributed by atoms with E-state index in [-0.39, 0.29) is 18.4 Å². The van der Waals surface area contributed by atoms with Crippen molar-refractivity contribution in [2.24, 2.45) is 0 Å². The molecule has 2 heterocycles. The number of thiophene rings is 1. The Balaban J connectivity index is 1.59. The van der Waals surface area contributed by atoms with Gasteiger partial charge >= 0.3 is 0 Å². The molecule has 2 amide bonds. The van der Waals surface area contributed by atoms with Gasteiger partial charge in [0.2, 0.25) is 0 Å². The van der Waals surface area contributed by atoms with Gasteiger partial charge in [0, 0.05) is 25.2 Å². The van der Waals surface area contributed by atoms with Crippen LogP contribution in [0.1, 0.15) is 10.5 Å². The summed E-state index contributed by atoms with van der Waals surface area (Å²) in [6, 6.07) is 10.5. The monoisotopic (exact) mass is 421 g/mol. The molecular weight excluding hydrogens is 406 g/mol. The average molecular weight is 422 g/mol. The summed E-state index contributed by atoms with van der Waals surface area (Å²) in [5.41, 5.74) is 0.955. The molecule has 0 aliphatic heterocycles. The molecule has 0 spiro atoms. The second-order valence-corrected chi connectivity index (χ2v) is 8.27. The maximum atomic E-state index is 12.4. The van der Waals surface area contributed by atoms with Crippen molar-refractivity contribution >= 4 is 51.8 Å². The lowest BCUT2D eigenvalue weighted by Crippen LogP contribution is -2.27. The summed E-state index contributed by atoms with van der Waals surface area (Å²) >= 11 is 8.75. The molecule has 0 saturated heterocycles. The number of ether oxygens (including phenoxy) is 1. The van der Waals surface area contributed by atoms with Crippen LogP contribution in [0.3, 0.4) is 0 Å². The van der Waals surface area contributed by atoms with E-state index in [1.165, 1.54) is 27.6 Å². The van der Waals surface area contributed by atoms with Crippen LogP contribution in [-0.2, 0) is 4.79 Å². The number of hydrogen-bond acceptors (Lipinski definition) is 6. The Morgan fingerprint density at radius 1 is 1.19 bits per heavy atom. The lowest BCUT2D eigenvalue weighted by atomic mass is 10.3. The number of hydrogen-bond donors (Lipinski definition) is 1. The zero-order valence-electron chi connectivity index (χ0n) is 14.6. The molecule has 0 atom stereocenters. The van der Waals surface area contributed by atoms with Gasteiger partial charge in [-0.25, -0.2) is 4.98 Å². The first kappa shape index (κ1) is 19.3. The number of anilines is 1. The number of aromatic nitrogens is 1. The molecule has 6 nitrogen and oxygen atoms in total. The van der Waals surface area contributed by atoms with E-state index in [1.54, 1.807) is 49.8 Å². The number of nitrogens with zero attached hydrogens (tertiary/aromatic N) is 2. The lowest BCUT2D eigenvalue weighted by Gasteiger charge is -2.11. The highest BCUT2D eigenvalue weighted by Crippen LogP contribution is 2.33. The van der Waals surface area contributed by atoms with Gasteiger partial charge in [0.1, 0.15) is 16.5 Å². The molecule has 3 aromatic rings. The molecule has 27 heavy (non-hydrogen) atoms. The molecule has 3 rings (SSSR count). The Morgan fingerprint density at radius 3 is 2.56 bits per heavy atom. The van der Waals surface area contributed by atoms with Crippen molar-refractivity contribution in [3.8, 4) is 15.6 Å². The highest BCUT2D eigenvalue weighted by Gasteiger charge is 2.13. The highest BCUT2D eigenvalue weighted by molar-refractivity contribution is 7.23. The standard InChI is InChI=1S/C18H16ClN3O3S2/c1-22(2)16(23)9-25-12-5-3-11(4-6-12)20-17(24)13-10-26-18(21-13)14-7-8-15(19)27-14/h3-8,10H,9H2,1-2H3,(H,20,24). The SMILES string of the molecule is CN(C)C(=O)COc1ccc(NC(=O)c2csc(-c3ccc(Cl)s3)n2)cc1. The third kappa shape index (κ3) is 5.06. The molecule has 0 bridgehead atoms. The van der Waals surface area contributed by atoms with E-state index in [0.717, 1.165) is 9.88 Å². The zero-order chi connectivity index (χ0) is 19.4. The average Bonchev–Trinajstić information content (AvgIpc) is 3.29. The molecule has 0 aliphatic rings. The number of likely N-dealkylation sites (N-methyl/N-ethyl adjacent to an activating group) is 1. The minimum atomic E-state index is -0.295. The van der Waals surface area contributed by atoms with Crippen molar-refractivity contribution in [1.82, 2.24) is 9.88 Å². The van der Waals surface area contributed by atoms with Crippen molar-refractivity contribution < 1.29 is 14.3 Å². The van der Waals surface area contributed by atoms with Gasteiger partial charge in [-0.15, -0.1) is 22.7 Å². The molecule has 9 heteroatoms. The summed E-state index contributed by atoms with van der Waals surface area (Å²) < 4.78 is 6.09. The topological polar surface area (TPSA) is 71.5 Å². The van der Waals surface area contributed by atoms with Gasteiger partial charge in [-0.05, 0) is 36.4 Å². The van der Waals surface area contributed by atoms with E-state index in [0.29, 0.717) is 21.5 Å². The summed E-state index contributed by atoms with van der Waals surface area (Å²) in [7, 11) is 3.34. The van der Waals surface area contributed by atoms with Gasteiger partial charge in [0.05, 0.1) is 9.21 Å². The second kappa shape index (κ2) is 8.51. The van der Waals surface area contributed by atoms with Gasteiger partial charge in [0.15, 0.2) is 6.61 Å². The van der Waals surface area contributed by atoms with E-state index >= 15 is 0 Å². The van der Waals surface area contributed by atoms with E-state index in [4.69, 9.17) is 16.3 Å². The fourth-order valence-corrected chi connectivity index (χ4v) is 3.94. The predicted molar refractivity (Wildman–Crippen MR) is 109 cm³/mol. The number of amides is 2. The minimum absolute atomic E-state index is 0.0347. The Kier molecular flexibility index (Phi) is 6.10. The zero-order valence-corrected chi connectivity index (χ0v) is 17.0. The van der Waals surface area contributed by atoms with Crippen LogP contribution in [0.5, 0.6) is 5.75 Å². The van der Waals surface area contributed by atoms with Crippen LogP contribution in [0.15, 0.2) is 41.8 Å². The lowest BCUT2D eigenvalue weighted by molar-refractivity contribution is -0.130. The molecule has 0 aliphatic carbocycles. The van der Waals surface area contributed by atoms with E-state index in [2.05, 4.69) is 10.3 Å². The molecule has 0 fully saturated rings. The number of carbonyl (C=O) groups excluding carboxylic acids is 2. The summed E-state index contributed by atoms with van der Waals surface area (Å²) in [5, 5.41) is 5.26. The molecular formula is C18H16ClN3O3S2. The number of thiazole rings is 1. The quantitative estimate of drug-likeness (QED) is 0.646. The minimum Gasteiger partial charge on any atom is -0.484 e. The fourth-order valence-electron chi connectivity index (χ4n) is 2.02. The summed E-state index contributed by atoms with van der Waals surface area (Å²) in [5.74, 6) is 0.129. The Morgan fingerprint density at radius 2 is 1.93 bits per heavy atom. The van der Waals surface area contributed by atoms with Gasteiger partial charge in [-0.3, -0.25) is 9.59 Å². The maximum absolute atomic E-state index is 12.4. The molecule has 0 radical (unpaired) electrons. The predicted octanol–water partition coefficient (Wildman–Crippen LogP) is 4.24. The third-order valence-electron chi connectivity index (χ3n) is 3.49. The third-order valence-corrected chi connectivity index (χ3v) is 5.74. The maximum Gasteiger partial charge on any atom is 0.275 e. The van der Waals surface area contributed by atoms with Crippen molar-refractivity contribution in [3.05, 3.63) is 51.8 Å². The smallest absolute Gasteiger partial charge is 0.275 e. The molecule has 0 saturated carbocycles. The second-order valence-electron chi connectivity index (χ2n) is 5.70. The van der Waals surface area contributed by atoms with Crippen LogP contribution in [0.2, 0.25) is 4.34 Å². The summed E-state index contributed by atoms with van der Waals surface area (Å²) in [4.78, 5) is 30.6. The van der Waals surface area contributed by atoms with Crippen LogP contribution < -0.4 is 10.1 Å². The normalized spacial score (nSPS) is 10.5. The fraction of sp³-hybridized carbons (Fsp3) is 0.167. The number of halogens is 1. The molecule has 1 aromatic carbocycles. The van der Waals surface area contributed by atoms with Crippen molar-refractivity contribution in [3.63, 3.8) is 0 Å². The van der Waals surface area contributed by atoms with E-state index in [1.807, 2.05) is 6.07 Å². The Labute approximate surface area is 169 Å². The highest BCUT2D eigenvalue weighted by atomic mass is 35.5.